The third kappa shape index (κ3) is 19.1. The Morgan fingerprint density at radius 2 is 0.738 bits per heavy atom. The van der Waals surface area contributed by atoms with E-state index in [0.29, 0.717) is 43.6 Å². The topological polar surface area (TPSA) is 292 Å². The highest BCUT2D eigenvalue weighted by Crippen LogP contribution is 2.50. The van der Waals surface area contributed by atoms with E-state index in [1.807, 2.05) is 58.0 Å². The molecule has 0 spiro atoms. The summed E-state index contributed by atoms with van der Waals surface area (Å²) in [6.07, 6.45) is 11.4. The van der Waals surface area contributed by atoms with Gasteiger partial charge in [0.25, 0.3) is 0 Å². The molecule has 14 atom stereocenters. The quantitative estimate of drug-likeness (QED) is 0.0982. The summed E-state index contributed by atoms with van der Waals surface area (Å²) in [5, 5.41) is 15.4. The summed E-state index contributed by atoms with van der Waals surface area (Å²) in [5.74, 6) is 0.461. The SMILES string of the molecule is CC1(C)C[C@@H]2SCC[C@H](N)C(=O)N2C1C(=O)N[C@@H]1CCCc2ccccc21.C[C@@H](C(=O)N[C@H]1CCS[C@H]2CC(C)(C)[C@@H](C(=O)N[C@@H]3CCCc4ccccc43)N2C1=O)N(C)C(=O)OC(C)(C)C.C[C@@H](C(=O)N[C@H]1CCS[C@H]2CC(C)(C)[C@H](C(=O)N[C@@H]3CCCc4ccccc43)N2C1=O)N(C)C(=O)OC(C)(C)C. The maximum Gasteiger partial charge on any atom is 0.410 e. The van der Waals surface area contributed by atoms with Gasteiger partial charge in [0.15, 0.2) is 0 Å². The van der Waals surface area contributed by atoms with Gasteiger partial charge in [-0.1, -0.05) is 114 Å². The molecule has 7 N–H and O–H groups in total. The smallest absolute Gasteiger partial charge is 0.410 e. The van der Waals surface area contributed by atoms with Crippen LogP contribution in [0, 0.1) is 16.2 Å². The molecule has 10 amide bonds. The number of carbonyl (C=O) groups is 10. The molecule has 6 saturated heterocycles. The van der Waals surface area contributed by atoms with Gasteiger partial charge in [0.1, 0.15) is 53.5 Å². The van der Waals surface area contributed by atoms with Crippen LogP contribution in [0.25, 0.3) is 0 Å². The van der Waals surface area contributed by atoms with E-state index in [1.165, 1.54) is 46.1 Å². The summed E-state index contributed by atoms with van der Waals surface area (Å²) in [6.45, 7) is 26.2. The average Bonchev–Trinajstić information content (AvgIpc) is 1.62. The Morgan fingerprint density at radius 1 is 0.449 bits per heavy atom. The third-order valence-corrected chi connectivity index (χ3v) is 26.4. The van der Waals surface area contributed by atoms with Gasteiger partial charge in [-0.05, 0) is 219 Å². The molecule has 26 heteroatoms. The summed E-state index contributed by atoms with van der Waals surface area (Å²) in [6, 6.07) is 19.2. The van der Waals surface area contributed by atoms with Crippen molar-refractivity contribution in [2.75, 3.05) is 31.4 Å². The van der Waals surface area contributed by atoms with Crippen LogP contribution in [0.2, 0.25) is 0 Å². The van der Waals surface area contributed by atoms with Crippen LogP contribution < -0.4 is 32.3 Å². The van der Waals surface area contributed by atoms with Crippen LogP contribution in [0.4, 0.5) is 9.59 Å². The molecule has 0 saturated carbocycles. The second kappa shape index (κ2) is 33.7. The first kappa shape index (κ1) is 82.5. The van der Waals surface area contributed by atoms with E-state index in [1.54, 1.807) is 105 Å². The predicted octanol–water partition coefficient (Wildman–Crippen LogP) is 10.6. The highest BCUT2D eigenvalue weighted by Gasteiger charge is 2.58. The lowest BCUT2D eigenvalue weighted by molar-refractivity contribution is -0.144. The minimum atomic E-state index is -0.838. The van der Waals surface area contributed by atoms with Gasteiger partial charge >= 0.3 is 12.2 Å². The number of amides is 10. The molecule has 0 bridgehead atoms. The van der Waals surface area contributed by atoms with Gasteiger partial charge in [0.2, 0.25) is 47.3 Å². The molecule has 23 nitrogen and oxygen atoms in total. The molecule has 3 aliphatic carbocycles. The van der Waals surface area contributed by atoms with Crippen LogP contribution >= 0.6 is 35.3 Å². The van der Waals surface area contributed by atoms with Crippen LogP contribution in [-0.4, -0.2) is 191 Å². The lowest BCUT2D eigenvalue weighted by atomic mass is 9.83. The molecule has 3 aromatic rings. The van der Waals surface area contributed by atoms with Gasteiger partial charge < -0.3 is 56.5 Å². The zero-order valence-electron chi connectivity index (χ0n) is 65.7. The lowest BCUT2D eigenvalue weighted by Crippen LogP contribution is -2.58. The Hall–Kier alpha value is -7.03. The highest BCUT2D eigenvalue weighted by molar-refractivity contribution is 8.00. The number of nitrogens with zero attached hydrogens (tertiary/aromatic N) is 5. The first-order chi connectivity index (χ1) is 50.3. The van der Waals surface area contributed by atoms with Crippen molar-refractivity contribution in [2.45, 2.75) is 287 Å². The van der Waals surface area contributed by atoms with Crippen molar-refractivity contribution in [3.8, 4) is 0 Å². The maximum atomic E-state index is 14.0. The van der Waals surface area contributed by atoms with E-state index in [4.69, 9.17) is 15.2 Å². The number of ether oxygens (including phenoxy) is 2. The molecule has 6 aliphatic heterocycles. The number of benzene rings is 3. The fourth-order valence-electron chi connectivity index (χ4n) is 16.8. The molecule has 586 valence electrons. The number of thioether (sulfide) groups is 3. The number of fused-ring (bicyclic) bond motifs is 6. The Balaban J connectivity index is 0.000000175. The normalized spacial score (nSPS) is 28.0. The van der Waals surface area contributed by atoms with Crippen molar-refractivity contribution in [1.82, 2.24) is 51.1 Å². The molecule has 0 aromatic heterocycles. The Kier molecular flexibility index (Phi) is 25.9. The van der Waals surface area contributed by atoms with Gasteiger partial charge in [-0.25, -0.2) is 9.59 Å². The number of nitrogens with two attached hydrogens (primary N) is 1. The van der Waals surface area contributed by atoms with Crippen LogP contribution in [0.1, 0.15) is 225 Å². The van der Waals surface area contributed by atoms with Crippen molar-refractivity contribution in [3.63, 3.8) is 0 Å². The average molecular weight is 1530 g/mol. The summed E-state index contributed by atoms with van der Waals surface area (Å²) in [4.78, 5) is 141. The largest absolute Gasteiger partial charge is 0.444 e. The van der Waals surface area contributed by atoms with Crippen molar-refractivity contribution < 1.29 is 57.4 Å². The fourth-order valence-corrected chi connectivity index (χ4v) is 21.6. The summed E-state index contributed by atoms with van der Waals surface area (Å²) < 4.78 is 10.8. The zero-order chi connectivity index (χ0) is 78.0. The standard InChI is InChI=1S/2C30H44N4O5S.C21H29N3O2S/c2*1-18(33(7)28(38)39-29(2,3)4)25(35)32-22-15-16-40-23-17-30(5,6)24(34(23)27(22)37)26(36)31-21-14-10-12-19-11-8-9-13-20(19)21;1-21(2)12-17-24(20(26)15(22)10-11-27-17)18(21)19(25)23-16-9-5-7-13-6-3-4-8-14(13)16/h2*8-9,11,13,18,21-24H,10,12,14-17H2,1-7H3,(H,31,36)(H,32,35);3-4,6,8,15-18H,5,7,9-12,22H2,1-2H3,(H,23,25)/t18-,21+,22-,23-,24+;18-,21+,22-,23-,24-;15-,16+,17-,18?/m000/s1. The molecule has 9 aliphatic rings. The summed E-state index contributed by atoms with van der Waals surface area (Å²) in [7, 11) is 3.01. The van der Waals surface area contributed by atoms with Crippen molar-refractivity contribution in [2.24, 2.45) is 22.0 Å². The second-order valence-corrected chi connectivity index (χ2v) is 38.4. The van der Waals surface area contributed by atoms with Crippen LogP contribution in [0.15, 0.2) is 72.8 Å². The van der Waals surface area contributed by atoms with Gasteiger partial charge in [-0.15, -0.1) is 35.3 Å². The predicted molar refractivity (Wildman–Crippen MR) is 419 cm³/mol. The molecule has 12 rings (SSSR count). The number of aryl methyl sites for hydroxylation is 3. The molecular weight excluding hydrogens is 1420 g/mol. The maximum absolute atomic E-state index is 14.0. The Morgan fingerprint density at radius 3 is 1.05 bits per heavy atom. The van der Waals surface area contributed by atoms with E-state index in [0.717, 1.165) is 81.1 Å². The zero-order valence-corrected chi connectivity index (χ0v) is 68.1. The van der Waals surface area contributed by atoms with E-state index in [2.05, 4.69) is 82.9 Å². The van der Waals surface area contributed by atoms with Gasteiger partial charge in [-0.2, -0.15) is 0 Å². The lowest BCUT2D eigenvalue weighted by Gasteiger charge is -2.36. The van der Waals surface area contributed by atoms with Crippen LogP contribution in [-0.2, 0) is 67.1 Å². The first-order valence-electron chi connectivity index (χ1n) is 38.5. The van der Waals surface area contributed by atoms with E-state index in [-0.39, 0.29) is 75.1 Å². The number of nitrogens with one attached hydrogen (secondary N) is 5. The van der Waals surface area contributed by atoms with Crippen LogP contribution in [0.3, 0.4) is 0 Å². The number of hydrogen-bond acceptors (Lipinski definition) is 16. The Bertz CT molecular complexity index is 3630. The number of likely N-dealkylation sites (N-methyl/N-ethyl adjacent to an activating group) is 2. The molecule has 3 aromatic carbocycles. The van der Waals surface area contributed by atoms with E-state index >= 15 is 0 Å². The number of carbonyl (C=O) groups excluding carboxylic acids is 10. The molecular formula is C81H117N11O12S3. The monoisotopic (exact) mass is 1530 g/mol. The fraction of sp³-hybridized carbons (Fsp3) is 0.654. The molecule has 0 radical (unpaired) electrons. The Labute approximate surface area is 646 Å². The minimum Gasteiger partial charge on any atom is -0.444 e. The highest BCUT2D eigenvalue weighted by atomic mass is 32.2. The minimum absolute atomic E-state index is 0.0284. The van der Waals surface area contributed by atoms with Gasteiger partial charge in [-0.3, -0.25) is 48.2 Å². The second-order valence-electron chi connectivity index (χ2n) is 34.6. The van der Waals surface area contributed by atoms with E-state index < -0.39 is 94.4 Å². The molecule has 6 heterocycles. The van der Waals surface area contributed by atoms with Crippen molar-refractivity contribution >= 4 is 94.7 Å². The number of rotatable bonds is 12. The molecule has 6 fully saturated rings. The molecule has 1 unspecified atom stereocenters. The van der Waals surface area contributed by atoms with Crippen molar-refractivity contribution in [3.05, 3.63) is 106 Å². The van der Waals surface area contributed by atoms with E-state index in [9.17, 15) is 47.9 Å². The van der Waals surface area contributed by atoms with Crippen LogP contribution in [0.5, 0.6) is 0 Å². The summed E-state index contributed by atoms with van der Waals surface area (Å²) in [5.41, 5.74) is 11.0. The molecule has 107 heavy (non-hydrogen) atoms. The summed E-state index contributed by atoms with van der Waals surface area (Å²) >= 11 is 5.09. The number of hydrogen-bond donors (Lipinski definition) is 6. The van der Waals surface area contributed by atoms with Gasteiger partial charge in [0, 0.05) is 14.1 Å². The third-order valence-electron chi connectivity index (χ3n) is 22.7. The van der Waals surface area contributed by atoms with Crippen molar-refractivity contribution in [1.29, 1.82) is 0 Å². The first-order valence-corrected chi connectivity index (χ1v) is 41.7. The van der Waals surface area contributed by atoms with Gasteiger partial charge in [0.05, 0.1) is 40.3 Å².